The van der Waals surface area contributed by atoms with Crippen LogP contribution in [0, 0.1) is 0 Å². The predicted octanol–water partition coefficient (Wildman–Crippen LogP) is 4.17. The lowest BCUT2D eigenvalue weighted by atomic mass is 9.95. The molecule has 1 amide bonds. The number of hydrogen-bond acceptors (Lipinski definition) is 1. The van der Waals surface area contributed by atoms with Gasteiger partial charge in [-0.3, -0.25) is 4.79 Å². The van der Waals surface area contributed by atoms with Crippen LogP contribution >= 0.6 is 0 Å². The van der Waals surface area contributed by atoms with E-state index in [9.17, 15) is 18.0 Å². The molecule has 1 aliphatic carbocycles. The van der Waals surface area contributed by atoms with E-state index in [1.807, 2.05) is 0 Å². The zero-order chi connectivity index (χ0) is 15.3. The maximum absolute atomic E-state index is 12.8. The predicted molar refractivity (Wildman–Crippen MR) is 75.5 cm³/mol. The Morgan fingerprint density at radius 1 is 1.14 bits per heavy atom. The summed E-state index contributed by atoms with van der Waals surface area (Å²) in [6, 6.07) is 5.37. The third-order valence-electron chi connectivity index (χ3n) is 3.63. The maximum Gasteiger partial charge on any atom is 0.416 e. The molecule has 1 aromatic rings. The maximum atomic E-state index is 12.8. The molecule has 0 unspecified atom stereocenters. The summed E-state index contributed by atoms with van der Waals surface area (Å²) >= 11 is 0. The van der Waals surface area contributed by atoms with Crippen LogP contribution in [0.1, 0.15) is 43.2 Å². The third-order valence-corrected chi connectivity index (χ3v) is 3.63. The Kier molecular flexibility index (Phi) is 5.04. The van der Waals surface area contributed by atoms with Gasteiger partial charge in [-0.15, -0.1) is 0 Å². The van der Waals surface area contributed by atoms with Crippen molar-refractivity contribution < 1.29 is 18.0 Å². The van der Waals surface area contributed by atoms with Crippen molar-refractivity contribution in [1.82, 2.24) is 5.32 Å². The summed E-state index contributed by atoms with van der Waals surface area (Å²) < 4.78 is 38.4. The Hall–Kier alpha value is -1.78. The van der Waals surface area contributed by atoms with Crippen molar-refractivity contribution in [3.63, 3.8) is 0 Å². The Labute approximate surface area is 122 Å². The van der Waals surface area contributed by atoms with Gasteiger partial charge in [0.15, 0.2) is 0 Å². The second-order valence-electron chi connectivity index (χ2n) is 5.26. The summed E-state index contributed by atoms with van der Waals surface area (Å²) in [6.45, 7) is 0. The minimum Gasteiger partial charge on any atom is -0.350 e. The van der Waals surface area contributed by atoms with E-state index in [4.69, 9.17) is 0 Å². The van der Waals surface area contributed by atoms with Gasteiger partial charge in [-0.2, -0.15) is 13.2 Å². The molecule has 1 aliphatic rings. The van der Waals surface area contributed by atoms with Gasteiger partial charge in [-0.05, 0) is 30.5 Å². The van der Waals surface area contributed by atoms with E-state index >= 15 is 0 Å². The standard InChI is InChI=1S/C16H18F3NO/c17-16(18,19)14-9-5-4-6-12(14)10-11-15(21)20-13-7-2-1-3-8-13/h4-6,9-11,13H,1-3,7-8H2,(H,20,21)/b11-10+. The fourth-order valence-corrected chi connectivity index (χ4v) is 2.56. The molecule has 0 aliphatic heterocycles. The topological polar surface area (TPSA) is 29.1 Å². The molecular formula is C16H18F3NO. The number of amides is 1. The molecule has 114 valence electrons. The van der Waals surface area contributed by atoms with E-state index in [1.165, 1.54) is 36.8 Å². The number of hydrogen-bond donors (Lipinski definition) is 1. The largest absolute Gasteiger partial charge is 0.416 e. The van der Waals surface area contributed by atoms with E-state index < -0.39 is 11.7 Å². The number of nitrogens with one attached hydrogen (secondary N) is 1. The molecule has 0 atom stereocenters. The molecule has 2 rings (SSSR count). The molecule has 1 aromatic carbocycles. The minimum absolute atomic E-state index is 0.00351. The van der Waals surface area contributed by atoms with Gasteiger partial charge >= 0.3 is 6.18 Å². The molecular weight excluding hydrogens is 279 g/mol. The van der Waals surface area contributed by atoms with Crippen LogP contribution in [0.3, 0.4) is 0 Å². The summed E-state index contributed by atoms with van der Waals surface area (Å²) in [5.41, 5.74) is -0.726. The number of alkyl halides is 3. The Balaban J connectivity index is 2.02. The molecule has 0 saturated heterocycles. The van der Waals surface area contributed by atoms with Crippen molar-refractivity contribution >= 4 is 12.0 Å². The molecule has 0 bridgehead atoms. The molecule has 1 fully saturated rings. The number of halogens is 3. The Morgan fingerprint density at radius 3 is 2.48 bits per heavy atom. The molecule has 0 heterocycles. The van der Waals surface area contributed by atoms with Gasteiger partial charge < -0.3 is 5.32 Å². The van der Waals surface area contributed by atoms with Gasteiger partial charge in [-0.1, -0.05) is 37.5 Å². The van der Waals surface area contributed by atoms with Gasteiger partial charge in [0.25, 0.3) is 0 Å². The van der Waals surface area contributed by atoms with Crippen LogP contribution in [0.5, 0.6) is 0 Å². The van der Waals surface area contributed by atoms with Crippen LogP contribution in [-0.2, 0) is 11.0 Å². The van der Waals surface area contributed by atoms with E-state index in [1.54, 1.807) is 0 Å². The number of carbonyl (C=O) groups is 1. The van der Waals surface area contributed by atoms with Crippen molar-refractivity contribution in [3.05, 3.63) is 41.5 Å². The van der Waals surface area contributed by atoms with Crippen LogP contribution < -0.4 is 5.32 Å². The fraction of sp³-hybridized carbons (Fsp3) is 0.438. The first-order valence-corrected chi connectivity index (χ1v) is 7.11. The Morgan fingerprint density at radius 2 is 1.81 bits per heavy atom. The third kappa shape index (κ3) is 4.62. The monoisotopic (exact) mass is 297 g/mol. The van der Waals surface area contributed by atoms with Gasteiger partial charge in [0, 0.05) is 12.1 Å². The van der Waals surface area contributed by atoms with E-state index in [0.717, 1.165) is 31.7 Å². The first-order chi connectivity index (χ1) is 9.97. The van der Waals surface area contributed by atoms with Gasteiger partial charge in [0.1, 0.15) is 0 Å². The Bertz CT molecular complexity index is 516. The average Bonchev–Trinajstić information content (AvgIpc) is 2.45. The van der Waals surface area contributed by atoms with E-state index in [-0.39, 0.29) is 17.5 Å². The van der Waals surface area contributed by atoms with E-state index in [0.29, 0.717) is 0 Å². The first-order valence-electron chi connectivity index (χ1n) is 7.11. The summed E-state index contributed by atoms with van der Waals surface area (Å²) in [7, 11) is 0. The highest BCUT2D eigenvalue weighted by molar-refractivity contribution is 5.92. The first kappa shape index (κ1) is 15.6. The summed E-state index contributed by atoms with van der Waals surface area (Å²) in [5, 5.41) is 2.84. The molecule has 21 heavy (non-hydrogen) atoms. The quantitative estimate of drug-likeness (QED) is 0.834. The van der Waals surface area contributed by atoms with Crippen LogP contribution in [0.15, 0.2) is 30.3 Å². The van der Waals surface area contributed by atoms with Crippen molar-refractivity contribution in [1.29, 1.82) is 0 Å². The highest BCUT2D eigenvalue weighted by Crippen LogP contribution is 2.32. The van der Waals surface area contributed by atoms with Crippen LogP contribution in [0.2, 0.25) is 0 Å². The molecule has 2 nitrogen and oxygen atoms in total. The van der Waals surface area contributed by atoms with Crippen molar-refractivity contribution in [2.45, 2.75) is 44.3 Å². The van der Waals surface area contributed by atoms with E-state index in [2.05, 4.69) is 5.32 Å². The van der Waals surface area contributed by atoms with Crippen molar-refractivity contribution in [2.75, 3.05) is 0 Å². The zero-order valence-electron chi connectivity index (χ0n) is 11.6. The van der Waals surface area contributed by atoms with Crippen LogP contribution in [0.4, 0.5) is 13.2 Å². The highest BCUT2D eigenvalue weighted by Gasteiger charge is 2.32. The second kappa shape index (κ2) is 6.78. The summed E-state index contributed by atoms with van der Waals surface area (Å²) in [4.78, 5) is 11.8. The van der Waals surface area contributed by atoms with Gasteiger partial charge in [0.05, 0.1) is 5.56 Å². The van der Waals surface area contributed by atoms with Crippen LogP contribution in [-0.4, -0.2) is 11.9 Å². The zero-order valence-corrected chi connectivity index (χ0v) is 11.6. The average molecular weight is 297 g/mol. The molecule has 5 heteroatoms. The molecule has 0 radical (unpaired) electrons. The SMILES string of the molecule is O=C(/C=C/c1ccccc1C(F)(F)F)NC1CCCCC1. The lowest BCUT2D eigenvalue weighted by Gasteiger charge is -2.21. The molecule has 1 N–H and O–H groups in total. The normalized spacial score (nSPS) is 17.1. The highest BCUT2D eigenvalue weighted by atomic mass is 19.4. The van der Waals surface area contributed by atoms with Gasteiger partial charge in [-0.25, -0.2) is 0 Å². The lowest BCUT2D eigenvalue weighted by Crippen LogP contribution is -2.34. The lowest BCUT2D eigenvalue weighted by molar-refractivity contribution is -0.137. The summed E-state index contributed by atoms with van der Waals surface area (Å²) in [6.07, 6.45) is 3.23. The van der Waals surface area contributed by atoms with Crippen molar-refractivity contribution in [3.8, 4) is 0 Å². The number of rotatable bonds is 3. The molecule has 0 spiro atoms. The smallest absolute Gasteiger partial charge is 0.350 e. The minimum atomic E-state index is -4.42. The number of carbonyl (C=O) groups excluding carboxylic acids is 1. The number of benzene rings is 1. The van der Waals surface area contributed by atoms with Crippen LogP contribution in [0.25, 0.3) is 6.08 Å². The van der Waals surface area contributed by atoms with Gasteiger partial charge in [0.2, 0.25) is 5.91 Å². The molecule has 0 aromatic heterocycles. The summed E-state index contributed by atoms with van der Waals surface area (Å²) in [5.74, 6) is -0.334. The fourth-order valence-electron chi connectivity index (χ4n) is 2.56. The molecule has 1 saturated carbocycles. The second-order valence-corrected chi connectivity index (χ2v) is 5.26. The van der Waals surface area contributed by atoms with Crippen molar-refractivity contribution in [2.24, 2.45) is 0 Å².